The number of hydrogen-bond donors (Lipinski definition) is 3. The van der Waals surface area contributed by atoms with Gasteiger partial charge in [-0.15, -0.1) is 0 Å². The molecule has 0 spiro atoms. The fraction of sp³-hybridized carbons (Fsp3) is 0.273. The molecule has 1 heterocycles. The van der Waals surface area contributed by atoms with Crippen molar-refractivity contribution in [3.8, 4) is 0 Å². The Kier molecular flexibility index (Phi) is 3.82. The Morgan fingerprint density at radius 1 is 1.21 bits per heavy atom. The van der Waals surface area contributed by atoms with Crippen LogP contribution < -0.4 is 16.2 Å². The molecule has 0 aliphatic carbocycles. The van der Waals surface area contributed by atoms with Crippen LogP contribution in [0.25, 0.3) is 10.9 Å². The maximum absolute atomic E-state index is 10.8. The Labute approximate surface area is 111 Å². The van der Waals surface area contributed by atoms with Crippen LogP contribution in [0.15, 0.2) is 24.3 Å². The van der Waals surface area contributed by atoms with Crippen molar-refractivity contribution in [2.24, 2.45) is 5.14 Å². The van der Waals surface area contributed by atoms with E-state index >= 15 is 0 Å². The number of para-hydroxylation sites is 1. The van der Waals surface area contributed by atoms with Gasteiger partial charge in [0, 0.05) is 11.9 Å². The summed E-state index contributed by atoms with van der Waals surface area (Å²) in [7, 11) is -3.43. The third-order valence-electron chi connectivity index (χ3n) is 2.52. The zero-order chi connectivity index (χ0) is 13.9. The topological polar surface area (TPSA) is 124 Å². The second-order valence-corrected chi connectivity index (χ2v) is 5.83. The van der Waals surface area contributed by atoms with Crippen molar-refractivity contribution < 1.29 is 8.42 Å². The number of benzene rings is 1. The van der Waals surface area contributed by atoms with Gasteiger partial charge in [-0.25, -0.2) is 18.5 Å². The Hall–Kier alpha value is -1.93. The van der Waals surface area contributed by atoms with E-state index in [2.05, 4.69) is 15.3 Å². The second-order valence-electron chi connectivity index (χ2n) is 4.09. The van der Waals surface area contributed by atoms with Gasteiger partial charge in [0.1, 0.15) is 5.82 Å². The summed E-state index contributed by atoms with van der Waals surface area (Å²) in [4.78, 5) is 8.22. The van der Waals surface area contributed by atoms with Crippen LogP contribution in [0.1, 0.15) is 6.42 Å². The first-order valence-corrected chi connectivity index (χ1v) is 7.44. The highest BCUT2D eigenvalue weighted by molar-refractivity contribution is 7.89. The van der Waals surface area contributed by atoms with Crippen molar-refractivity contribution in [3.05, 3.63) is 24.3 Å². The zero-order valence-corrected chi connectivity index (χ0v) is 11.0. The smallest absolute Gasteiger partial charge is 0.222 e. The Balaban J connectivity index is 2.12. The summed E-state index contributed by atoms with van der Waals surface area (Å²) in [5, 5.41) is 8.82. The fourth-order valence-electron chi connectivity index (χ4n) is 1.71. The van der Waals surface area contributed by atoms with Crippen LogP contribution >= 0.6 is 0 Å². The molecule has 0 bridgehead atoms. The van der Waals surface area contributed by atoms with Crippen LogP contribution in [0, 0.1) is 0 Å². The molecule has 1 aromatic heterocycles. The minimum atomic E-state index is -3.43. The number of anilines is 2. The highest BCUT2D eigenvalue weighted by atomic mass is 32.2. The molecule has 0 radical (unpaired) electrons. The number of nitrogens with zero attached hydrogens (tertiary/aromatic N) is 2. The lowest BCUT2D eigenvalue weighted by molar-refractivity contribution is 0.596. The molecule has 0 amide bonds. The van der Waals surface area contributed by atoms with Gasteiger partial charge in [-0.2, -0.15) is 4.98 Å². The zero-order valence-electron chi connectivity index (χ0n) is 10.2. The second kappa shape index (κ2) is 5.37. The highest BCUT2D eigenvalue weighted by Crippen LogP contribution is 2.20. The van der Waals surface area contributed by atoms with Crippen molar-refractivity contribution in [1.29, 1.82) is 0 Å². The lowest BCUT2D eigenvalue weighted by atomic mass is 10.2. The molecule has 7 nitrogen and oxygen atoms in total. The van der Waals surface area contributed by atoms with Crippen molar-refractivity contribution >= 4 is 32.7 Å². The maximum Gasteiger partial charge on any atom is 0.222 e. The van der Waals surface area contributed by atoms with E-state index in [4.69, 9.17) is 10.9 Å². The number of hydrogen-bond acceptors (Lipinski definition) is 6. The van der Waals surface area contributed by atoms with Crippen molar-refractivity contribution in [1.82, 2.24) is 9.97 Å². The first-order chi connectivity index (χ1) is 8.96. The molecule has 8 heteroatoms. The lowest BCUT2D eigenvalue weighted by Crippen LogP contribution is -2.19. The minimum absolute atomic E-state index is 0.0709. The van der Waals surface area contributed by atoms with Gasteiger partial charge >= 0.3 is 0 Å². The van der Waals surface area contributed by atoms with Gasteiger partial charge in [0.15, 0.2) is 0 Å². The quantitative estimate of drug-likeness (QED) is 0.677. The molecule has 0 atom stereocenters. The first-order valence-electron chi connectivity index (χ1n) is 5.72. The van der Waals surface area contributed by atoms with Crippen LogP contribution in [0.4, 0.5) is 11.8 Å². The predicted molar refractivity (Wildman–Crippen MR) is 75.0 cm³/mol. The predicted octanol–water partition coefficient (Wildman–Crippen LogP) is 0.303. The number of nitrogens with two attached hydrogens (primary N) is 2. The molecule has 5 N–H and O–H groups in total. The number of nitrogens with one attached hydrogen (secondary N) is 1. The first kappa shape index (κ1) is 13.5. The average molecular weight is 281 g/mol. The average Bonchev–Trinajstić information content (AvgIpc) is 2.33. The monoisotopic (exact) mass is 281 g/mol. The summed E-state index contributed by atoms with van der Waals surface area (Å²) in [5.74, 6) is 0.698. The standard InChI is InChI=1S/C11H15N5O2S/c12-11-15-9-5-2-1-4-8(9)10(16-11)14-6-3-7-19(13,17)18/h1-2,4-5H,3,6-7H2,(H2,13,17,18)(H3,12,14,15,16). The highest BCUT2D eigenvalue weighted by Gasteiger charge is 2.06. The number of nitrogen functional groups attached to an aromatic ring is 1. The fourth-order valence-corrected chi connectivity index (χ4v) is 2.26. The van der Waals surface area contributed by atoms with E-state index in [-0.39, 0.29) is 11.7 Å². The number of sulfonamides is 1. The molecule has 0 aliphatic rings. The number of aromatic nitrogens is 2. The largest absolute Gasteiger partial charge is 0.369 e. The van der Waals surface area contributed by atoms with Gasteiger partial charge < -0.3 is 11.1 Å². The minimum Gasteiger partial charge on any atom is -0.369 e. The molecule has 19 heavy (non-hydrogen) atoms. The molecule has 2 aromatic rings. The van der Waals surface area contributed by atoms with Crippen LogP contribution in [0.2, 0.25) is 0 Å². The molecular formula is C11H15N5O2S. The van der Waals surface area contributed by atoms with Crippen molar-refractivity contribution in [2.45, 2.75) is 6.42 Å². The van der Waals surface area contributed by atoms with Gasteiger partial charge in [-0.05, 0) is 18.6 Å². The summed E-state index contributed by atoms with van der Waals surface area (Å²) < 4.78 is 21.6. The summed E-state index contributed by atoms with van der Waals surface area (Å²) in [6.45, 7) is 0.441. The molecule has 0 unspecified atom stereocenters. The van der Waals surface area contributed by atoms with Crippen molar-refractivity contribution in [3.63, 3.8) is 0 Å². The Bertz CT molecular complexity index is 687. The van der Waals surface area contributed by atoms with E-state index in [0.717, 1.165) is 10.9 Å². The molecule has 0 aliphatic heterocycles. The molecular weight excluding hydrogens is 266 g/mol. The van der Waals surface area contributed by atoms with Crippen LogP contribution in [-0.4, -0.2) is 30.7 Å². The summed E-state index contributed by atoms with van der Waals surface area (Å²) in [6, 6.07) is 7.44. The van der Waals surface area contributed by atoms with Gasteiger partial charge in [0.05, 0.1) is 11.3 Å². The maximum atomic E-state index is 10.8. The normalized spacial score (nSPS) is 11.6. The number of fused-ring (bicyclic) bond motifs is 1. The van der Waals surface area contributed by atoms with E-state index in [9.17, 15) is 8.42 Å². The number of rotatable bonds is 5. The third-order valence-corrected chi connectivity index (χ3v) is 3.38. The Morgan fingerprint density at radius 2 is 1.95 bits per heavy atom. The molecule has 2 rings (SSSR count). The van der Waals surface area contributed by atoms with Crippen molar-refractivity contribution in [2.75, 3.05) is 23.3 Å². The van der Waals surface area contributed by atoms with Gasteiger partial charge in [0.2, 0.25) is 16.0 Å². The van der Waals surface area contributed by atoms with Crippen LogP contribution in [0.5, 0.6) is 0 Å². The van der Waals surface area contributed by atoms with E-state index in [1.165, 1.54) is 0 Å². The third kappa shape index (κ3) is 3.76. The summed E-state index contributed by atoms with van der Waals surface area (Å²) in [6.07, 6.45) is 0.400. The SMILES string of the molecule is Nc1nc(NCCCS(N)(=O)=O)c2ccccc2n1. The van der Waals surface area contributed by atoms with E-state index in [0.29, 0.717) is 18.8 Å². The molecule has 0 fully saturated rings. The molecule has 0 saturated heterocycles. The number of primary sulfonamides is 1. The van der Waals surface area contributed by atoms with Crippen LogP contribution in [-0.2, 0) is 10.0 Å². The molecule has 102 valence electrons. The van der Waals surface area contributed by atoms with E-state index in [1.807, 2.05) is 24.3 Å². The molecule has 0 saturated carbocycles. The van der Waals surface area contributed by atoms with Gasteiger partial charge in [-0.3, -0.25) is 0 Å². The van der Waals surface area contributed by atoms with Gasteiger partial charge in [-0.1, -0.05) is 12.1 Å². The van der Waals surface area contributed by atoms with E-state index < -0.39 is 10.0 Å². The lowest BCUT2D eigenvalue weighted by Gasteiger charge is -2.08. The summed E-state index contributed by atoms with van der Waals surface area (Å²) >= 11 is 0. The summed E-state index contributed by atoms with van der Waals surface area (Å²) in [5.41, 5.74) is 6.36. The molecule has 1 aromatic carbocycles. The van der Waals surface area contributed by atoms with Crippen LogP contribution in [0.3, 0.4) is 0 Å². The van der Waals surface area contributed by atoms with Gasteiger partial charge in [0.25, 0.3) is 0 Å². The Morgan fingerprint density at radius 3 is 2.68 bits per heavy atom. The van der Waals surface area contributed by atoms with E-state index in [1.54, 1.807) is 0 Å².